The van der Waals surface area contributed by atoms with Crippen LogP contribution in [0.4, 0.5) is 0 Å². The number of carbonyl (C=O) groups is 1. The molecule has 1 heterocycles. The molecule has 98 valence electrons. The second-order valence-electron chi connectivity index (χ2n) is 5.81. The molecule has 5 atom stereocenters. The normalized spacial score (nSPS) is 50.8. The summed E-state index contributed by atoms with van der Waals surface area (Å²) in [6.07, 6.45) is 5.23. The fourth-order valence-corrected chi connectivity index (χ4v) is 3.33. The van der Waals surface area contributed by atoms with Gasteiger partial charge in [-0.2, -0.15) is 0 Å². The van der Waals surface area contributed by atoms with Crippen molar-refractivity contribution in [3.63, 3.8) is 0 Å². The average molecular weight is 250 g/mol. The van der Waals surface area contributed by atoms with Crippen molar-refractivity contribution >= 4 is 5.78 Å². The molecule has 1 unspecified atom stereocenters. The van der Waals surface area contributed by atoms with Crippen LogP contribution >= 0.6 is 0 Å². The second kappa shape index (κ2) is 3.53. The maximum atomic E-state index is 11.7. The zero-order valence-electron chi connectivity index (χ0n) is 10.6. The monoisotopic (exact) mass is 250 g/mol. The number of rotatable bonds is 0. The van der Waals surface area contributed by atoms with E-state index in [1.807, 2.05) is 13.8 Å². The lowest BCUT2D eigenvalue weighted by molar-refractivity contribution is -0.236. The summed E-state index contributed by atoms with van der Waals surface area (Å²) in [5.41, 5.74) is -0.399. The first kappa shape index (κ1) is 12.1. The molecule has 1 aliphatic heterocycles. The van der Waals surface area contributed by atoms with E-state index in [2.05, 4.69) is 0 Å². The number of carbonyl (C=O) groups excluding carboxylic acids is 1. The highest BCUT2D eigenvalue weighted by Crippen LogP contribution is 2.51. The van der Waals surface area contributed by atoms with E-state index in [-0.39, 0.29) is 23.5 Å². The SMILES string of the molecule is C[C@H]1C(=O)C=CC2=C[C@]3(O)OC[C@H](C)[C@]3(O)CC21. The van der Waals surface area contributed by atoms with Gasteiger partial charge >= 0.3 is 0 Å². The number of hydrogen-bond donors (Lipinski definition) is 2. The van der Waals surface area contributed by atoms with Crippen LogP contribution in [0.1, 0.15) is 20.3 Å². The molecule has 0 aromatic rings. The van der Waals surface area contributed by atoms with Gasteiger partial charge in [0.25, 0.3) is 0 Å². The molecule has 0 aromatic heterocycles. The standard InChI is InChI=1S/C14H18O4/c1-8-7-18-14(17)5-10-3-4-12(15)9(2)11(10)6-13(8,14)16/h3-5,8-9,11,16-17H,6-7H2,1-2H3/t8-,9+,11?,13+,14-/m0/s1. The predicted octanol–water partition coefficient (Wildman–Crippen LogP) is 0.794. The van der Waals surface area contributed by atoms with Gasteiger partial charge in [0.05, 0.1) is 6.61 Å². The summed E-state index contributed by atoms with van der Waals surface area (Å²) in [7, 11) is 0. The first-order valence-corrected chi connectivity index (χ1v) is 6.41. The first-order valence-electron chi connectivity index (χ1n) is 6.41. The van der Waals surface area contributed by atoms with Crippen LogP contribution in [-0.2, 0) is 9.53 Å². The summed E-state index contributed by atoms with van der Waals surface area (Å²) in [6.45, 7) is 4.07. The molecule has 18 heavy (non-hydrogen) atoms. The molecule has 1 fully saturated rings. The Hall–Kier alpha value is -0.970. The highest BCUT2D eigenvalue weighted by Gasteiger charge is 2.61. The van der Waals surface area contributed by atoms with E-state index in [4.69, 9.17) is 4.74 Å². The van der Waals surface area contributed by atoms with Gasteiger partial charge in [-0.1, -0.05) is 19.9 Å². The molecule has 0 spiro atoms. The number of ketones is 1. The van der Waals surface area contributed by atoms with Crippen LogP contribution in [-0.4, -0.2) is 34.0 Å². The van der Waals surface area contributed by atoms with Crippen molar-refractivity contribution in [3.05, 3.63) is 23.8 Å². The Morgan fingerprint density at radius 2 is 2.06 bits per heavy atom. The topological polar surface area (TPSA) is 66.8 Å². The molecule has 3 rings (SSSR count). The fourth-order valence-electron chi connectivity index (χ4n) is 3.33. The molecule has 2 aliphatic carbocycles. The molecular formula is C14H18O4. The summed E-state index contributed by atoms with van der Waals surface area (Å²) in [6, 6.07) is 0. The zero-order chi connectivity index (χ0) is 13.1. The average Bonchev–Trinajstić information content (AvgIpc) is 2.55. The predicted molar refractivity (Wildman–Crippen MR) is 64.5 cm³/mol. The summed E-state index contributed by atoms with van der Waals surface area (Å²) in [5, 5.41) is 21.2. The molecule has 4 heteroatoms. The van der Waals surface area contributed by atoms with Gasteiger partial charge in [0.1, 0.15) is 5.60 Å². The number of fused-ring (bicyclic) bond motifs is 2. The number of aliphatic hydroxyl groups is 2. The number of hydrogen-bond acceptors (Lipinski definition) is 4. The van der Waals surface area contributed by atoms with Crippen LogP contribution in [0.5, 0.6) is 0 Å². The molecule has 4 nitrogen and oxygen atoms in total. The Kier molecular flexibility index (Phi) is 2.37. The van der Waals surface area contributed by atoms with Crippen molar-refractivity contribution in [2.45, 2.75) is 31.7 Å². The summed E-state index contributed by atoms with van der Waals surface area (Å²) >= 11 is 0. The lowest BCUT2D eigenvalue weighted by atomic mass is 9.65. The van der Waals surface area contributed by atoms with Gasteiger partial charge in [0.2, 0.25) is 5.79 Å². The maximum Gasteiger partial charge on any atom is 0.216 e. The Morgan fingerprint density at radius 3 is 2.78 bits per heavy atom. The molecular weight excluding hydrogens is 232 g/mol. The van der Waals surface area contributed by atoms with Crippen LogP contribution < -0.4 is 0 Å². The van der Waals surface area contributed by atoms with Gasteiger partial charge in [-0.3, -0.25) is 4.79 Å². The molecule has 0 bridgehead atoms. The number of allylic oxidation sites excluding steroid dienone is 3. The Morgan fingerprint density at radius 1 is 1.33 bits per heavy atom. The summed E-state index contributed by atoms with van der Waals surface area (Å²) in [4.78, 5) is 11.7. The minimum absolute atomic E-state index is 0.0306. The smallest absolute Gasteiger partial charge is 0.216 e. The van der Waals surface area contributed by atoms with Crippen LogP contribution in [0.2, 0.25) is 0 Å². The van der Waals surface area contributed by atoms with E-state index in [0.29, 0.717) is 13.0 Å². The van der Waals surface area contributed by atoms with Crippen molar-refractivity contribution < 1.29 is 19.7 Å². The van der Waals surface area contributed by atoms with Crippen LogP contribution in [0.25, 0.3) is 0 Å². The van der Waals surface area contributed by atoms with Crippen molar-refractivity contribution in [2.24, 2.45) is 17.8 Å². The molecule has 0 saturated carbocycles. The second-order valence-corrected chi connectivity index (χ2v) is 5.81. The van der Waals surface area contributed by atoms with Gasteiger partial charge in [-0.25, -0.2) is 0 Å². The molecule has 3 aliphatic rings. The van der Waals surface area contributed by atoms with Crippen molar-refractivity contribution in [1.82, 2.24) is 0 Å². The van der Waals surface area contributed by atoms with Crippen molar-refractivity contribution in [2.75, 3.05) is 6.61 Å². The van der Waals surface area contributed by atoms with E-state index in [9.17, 15) is 15.0 Å². The lowest BCUT2D eigenvalue weighted by Crippen LogP contribution is -2.57. The van der Waals surface area contributed by atoms with Crippen LogP contribution in [0.15, 0.2) is 23.8 Å². The van der Waals surface area contributed by atoms with Crippen LogP contribution in [0.3, 0.4) is 0 Å². The Labute approximate surface area is 106 Å². The van der Waals surface area contributed by atoms with E-state index in [1.54, 1.807) is 18.2 Å². The Bertz CT molecular complexity index is 466. The van der Waals surface area contributed by atoms with Crippen LogP contribution in [0, 0.1) is 17.8 Å². The molecule has 1 saturated heterocycles. The third-order valence-corrected chi connectivity index (χ3v) is 4.80. The van der Waals surface area contributed by atoms with E-state index >= 15 is 0 Å². The van der Waals surface area contributed by atoms with Crippen molar-refractivity contribution in [1.29, 1.82) is 0 Å². The van der Waals surface area contributed by atoms with Gasteiger partial charge in [0.15, 0.2) is 5.78 Å². The van der Waals surface area contributed by atoms with E-state index in [0.717, 1.165) is 5.57 Å². The van der Waals surface area contributed by atoms with Gasteiger partial charge in [-0.05, 0) is 30.1 Å². The Balaban J connectivity index is 2.09. The highest BCUT2D eigenvalue weighted by molar-refractivity contribution is 5.94. The minimum Gasteiger partial charge on any atom is -0.383 e. The van der Waals surface area contributed by atoms with E-state index < -0.39 is 11.4 Å². The van der Waals surface area contributed by atoms with Gasteiger partial charge < -0.3 is 14.9 Å². The van der Waals surface area contributed by atoms with E-state index in [1.165, 1.54) is 0 Å². The fraction of sp³-hybridized carbons (Fsp3) is 0.643. The van der Waals surface area contributed by atoms with Gasteiger partial charge in [-0.15, -0.1) is 0 Å². The highest BCUT2D eigenvalue weighted by atomic mass is 16.6. The minimum atomic E-state index is -1.61. The lowest BCUT2D eigenvalue weighted by Gasteiger charge is -2.45. The quantitative estimate of drug-likeness (QED) is 0.667. The third-order valence-electron chi connectivity index (χ3n) is 4.80. The van der Waals surface area contributed by atoms with Crippen molar-refractivity contribution in [3.8, 4) is 0 Å². The molecule has 0 aromatic carbocycles. The maximum absolute atomic E-state index is 11.7. The van der Waals surface area contributed by atoms with Gasteiger partial charge in [0, 0.05) is 11.8 Å². The molecule has 2 N–H and O–H groups in total. The number of ether oxygens (including phenoxy) is 1. The molecule has 0 radical (unpaired) electrons. The molecule has 0 amide bonds. The largest absolute Gasteiger partial charge is 0.383 e. The third kappa shape index (κ3) is 1.34. The summed E-state index contributed by atoms with van der Waals surface area (Å²) in [5.74, 6) is -1.85. The first-order chi connectivity index (χ1) is 8.37. The zero-order valence-corrected chi connectivity index (χ0v) is 10.6. The summed E-state index contributed by atoms with van der Waals surface area (Å²) < 4.78 is 5.38.